The lowest BCUT2D eigenvalue weighted by atomic mass is 10.1. The molecule has 0 spiro atoms. The second kappa shape index (κ2) is 5.63. The zero-order valence-electron chi connectivity index (χ0n) is 9.71. The van der Waals surface area contributed by atoms with Gasteiger partial charge >= 0.3 is 0 Å². The Kier molecular flexibility index (Phi) is 4.39. The largest absolute Gasteiger partial charge is 0.247 e. The second-order valence-electron chi connectivity index (χ2n) is 3.98. The quantitative estimate of drug-likeness (QED) is 0.672. The van der Waals surface area contributed by atoms with E-state index in [2.05, 4.69) is 75.0 Å². The lowest BCUT2D eigenvalue weighted by Gasteiger charge is -2.08. The molecule has 90 valence electrons. The van der Waals surface area contributed by atoms with Crippen LogP contribution in [0.5, 0.6) is 0 Å². The van der Waals surface area contributed by atoms with Crippen molar-refractivity contribution in [3.05, 3.63) is 49.9 Å². The first-order valence-electron chi connectivity index (χ1n) is 5.38. The number of hydrogen-bond acceptors (Lipinski definition) is 2. The summed E-state index contributed by atoms with van der Waals surface area (Å²) in [7, 11) is 0. The van der Waals surface area contributed by atoms with Gasteiger partial charge in [-0.15, -0.1) is 11.3 Å². The lowest BCUT2D eigenvalue weighted by Crippen LogP contribution is -1.94. The third kappa shape index (κ3) is 3.39. The highest BCUT2D eigenvalue weighted by molar-refractivity contribution is 9.10. The molecule has 0 aliphatic rings. The molecule has 0 aliphatic heterocycles. The van der Waals surface area contributed by atoms with Crippen LogP contribution in [0.1, 0.15) is 26.0 Å². The summed E-state index contributed by atoms with van der Waals surface area (Å²) in [6.45, 7) is 4.13. The molecule has 0 saturated heterocycles. The van der Waals surface area contributed by atoms with Crippen molar-refractivity contribution in [2.24, 2.45) is 0 Å². The number of hydrogen-bond donors (Lipinski definition) is 0. The van der Waals surface area contributed by atoms with E-state index in [0.717, 1.165) is 21.6 Å². The van der Waals surface area contributed by atoms with E-state index in [1.54, 1.807) is 11.3 Å². The van der Waals surface area contributed by atoms with E-state index in [4.69, 9.17) is 0 Å². The summed E-state index contributed by atoms with van der Waals surface area (Å²) in [4.78, 5) is 6.16. The molecule has 1 unspecified atom stereocenters. The number of aryl methyl sites for hydroxylation is 2. The third-order valence-corrected chi connectivity index (χ3v) is 5.35. The van der Waals surface area contributed by atoms with Gasteiger partial charge in [0, 0.05) is 9.35 Å². The maximum absolute atomic E-state index is 4.47. The SMILES string of the molecule is Cc1nc(C)c(C(Br)Cc2ccc(Br)cc2)s1. The third-order valence-electron chi connectivity index (χ3n) is 2.55. The minimum absolute atomic E-state index is 0.356. The summed E-state index contributed by atoms with van der Waals surface area (Å²) in [5.41, 5.74) is 2.48. The fourth-order valence-electron chi connectivity index (χ4n) is 1.76. The molecule has 1 atom stereocenters. The summed E-state index contributed by atoms with van der Waals surface area (Å²) in [5, 5.41) is 1.14. The van der Waals surface area contributed by atoms with Gasteiger partial charge in [0.15, 0.2) is 0 Å². The van der Waals surface area contributed by atoms with Crippen molar-refractivity contribution in [1.82, 2.24) is 4.98 Å². The van der Waals surface area contributed by atoms with Crippen molar-refractivity contribution < 1.29 is 0 Å². The molecule has 1 nitrogen and oxygen atoms in total. The average molecular weight is 375 g/mol. The lowest BCUT2D eigenvalue weighted by molar-refractivity contribution is 0.950. The molecule has 0 radical (unpaired) electrons. The van der Waals surface area contributed by atoms with E-state index in [-0.39, 0.29) is 0 Å². The van der Waals surface area contributed by atoms with Gasteiger partial charge in [0.25, 0.3) is 0 Å². The summed E-state index contributed by atoms with van der Waals surface area (Å²) in [6.07, 6.45) is 0.996. The van der Waals surface area contributed by atoms with Gasteiger partial charge < -0.3 is 0 Å². The minimum atomic E-state index is 0.356. The first-order valence-corrected chi connectivity index (χ1v) is 7.91. The van der Waals surface area contributed by atoms with E-state index < -0.39 is 0 Å². The molecular weight excluding hydrogens is 362 g/mol. The normalized spacial score (nSPS) is 12.7. The highest BCUT2D eigenvalue weighted by Gasteiger charge is 2.14. The Morgan fingerprint density at radius 3 is 2.41 bits per heavy atom. The molecule has 1 heterocycles. The van der Waals surface area contributed by atoms with E-state index in [0.29, 0.717) is 4.83 Å². The van der Waals surface area contributed by atoms with Gasteiger partial charge in [0.1, 0.15) is 0 Å². The summed E-state index contributed by atoms with van der Waals surface area (Å²) in [6, 6.07) is 8.48. The zero-order chi connectivity index (χ0) is 12.4. The number of halogens is 2. The Labute approximate surface area is 123 Å². The number of rotatable bonds is 3. The Hall–Kier alpha value is -0.190. The van der Waals surface area contributed by atoms with Gasteiger partial charge in [-0.3, -0.25) is 0 Å². The number of nitrogens with zero attached hydrogens (tertiary/aromatic N) is 1. The Balaban J connectivity index is 2.14. The summed E-state index contributed by atoms with van der Waals surface area (Å²) >= 11 is 8.99. The molecule has 0 amide bonds. The van der Waals surface area contributed by atoms with Gasteiger partial charge in [-0.25, -0.2) is 4.98 Å². The Morgan fingerprint density at radius 1 is 1.24 bits per heavy atom. The monoisotopic (exact) mass is 373 g/mol. The minimum Gasteiger partial charge on any atom is -0.247 e. The van der Waals surface area contributed by atoms with Crippen LogP contribution >= 0.6 is 43.2 Å². The number of alkyl halides is 1. The van der Waals surface area contributed by atoms with Crippen LogP contribution in [-0.2, 0) is 6.42 Å². The molecule has 1 aromatic heterocycles. The second-order valence-corrected chi connectivity index (χ2v) is 7.24. The van der Waals surface area contributed by atoms with Crippen LogP contribution in [-0.4, -0.2) is 4.98 Å². The van der Waals surface area contributed by atoms with E-state index in [1.165, 1.54) is 10.4 Å². The van der Waals surface area contributed by atoms with Crippen molar-refractivity contribution in [3.8, 4) is 0 Å². The molecule has 2 aromatic rings. The van der Waals surface area contributed by atoms with Crippen LogP contribution in [0.25, 0.3) is 0 Å². The van der Waals surface area contributed by atoms with Crippen molar-refractivity contribution >= 4 is 43.2 Å². The number of thiazole rings is 1. The highest BCUT2D eigenvalue weighted by atomic mass is 79.9. The van der Waals surface area contributed by atoms with Crippen LogP contribution in [0.3, 0.4) is 0 Å². The summed E-state index contributed by atoms with van der Waals surface area (Å²) < 4.78 is 1.12. The zero-order valence-corrected chi connectivity index (χ0v) is 13.7. The van der Waals surface area contributed by atoms with E-state index in [1.807, 2.05) is 0 Å². The van der Waals surface area contributed by atoms with Crippen LogP contribution in [0.15, 0.2) is 28.7 Å². The molecule has 1 aromatic carbocycles. The van der Waals surface area contributed by atoms with Gasteiger partial charge in [-0.05, 0) is 38.0 Å². The number of aromatic nitrogens is 1. The molecule has 4 heteroatoms. The molecule has 0 bridgehead atoms. The van der Waals surface area contributed by atoms with Crippen LogP contribution in [0.4, 0.5) is 0 Å². The van der Waals surface area contributed by atoms with Crippen molar-refractivity contribution in [3.63, 3.8) is 0 Å². The fraction of sp³-hybridized carbons (Fsp3) is 0.308. The van der Waals surface area contributed by atoms with Gasteiger partial charge in [-0.2, -0.15) is 0 Å². The predicted octanol–water partition coefficient (Wildman–Crippen LogP) is 5.20. The fourth-order valence-corrected chi connectivity index (χ4v) is 3.91. The van der Waals surface area contributed by atoms with Crippen molar-refractivity contribution in [2.75, 3.05) is 0 Å². The molecule has 0 saturated carbocycles. The maximum atomic E-state index is 4.47. The Bertz CT molecular complexity index is 505. The molecule has 0 N–H and O–H groups in total. The van der Waals surface area contributed by atoms with Gasteiger partial charge in [-0.1, -0.05) is 44.0 Å². The standard InChI is InChI=1S/C13H13Br2NS/c1-8-13(17-9(2)16-8)12(15)7-10-3-5-11(14)6-4-10/h3-6,12H,7H2,1-2H3. The van der Waals surface area contributed by atoms with Crippen molar-refractivity contribution in [1.29, 1.82) is 0 Å². The number of benzene rings is 1. The average Bonchev–Trinajstić information content (AvgIpc) is 2.61. The highest BCUT2D eigenvalue weighted by Crippen LogP contribution is 2.33. The summed E-state index contributed by atoms with van der Waals surface area (Å²) in [5.74, 6) is 0. The van der Waals surface area contributed by atoms with Gasteiger partial charge in [0.05, 0.1) is 15.5 Å². The van der Waals surface area contributed by atoms with Gasteiger partial charge in [0.2, 0.25) is 0 Å². The molecule has 0 aliphatic carbocycles. The van der Waals surface area contributed by atoms with E-state index >= 15 is 0 Å². The topological polar surface area (TPSA) is 12.9 Å². The molecular formula is C13H13Br2NS. The molecule has 17 heavy (non-hydrogen) atoms. The molecule has 2 rings (SSSR count). The molecule has 0 fully saturated rings. The van der Waals surface area contributed by atoms with Crippen molar-refractivity contribution in [2.45, 2.75) is 25.1 Å². The van der Waals surface area contributed by atoms with Crippen LogP contribution in [0.2, 0.25) is 0 Å². The van der Waals surface area contributed by atoms with Crippen LogP contribution in [0, 0.1) is 13.8 Å². The first-order chi connectivity index (χ1) is 8.06. The smallest absolute Gasteiger partial charge is 0.0900 e. The van der Waals surface area contributed by atoms with E-state index in [9.17, 15) is 0 Å². The maximum Gasteiger partial charge on any atom is 0.0900 e. The van der Waals surface area contributed by atoms with Crippen LogP contribution < -0.4 is 0 Å². The first kappa shape index (κ1) is 13.2. The predicted molar refractivity (Wildman–Crippen MR) is 81.1 cm³/mol. The Morgan fingerprint density at radius 2 is 1.88 bits per heavy atom.